The first-order chi connectivity index (χ1) is 13.1. The van der Waals surface area contributed by atoms with Crippen molar-refractivity contribution in [2.45, 2.75) is 44.9 Å². The molecule has 27 heavy (non-hydrogen) atoms. The minimum atomic E-state index is -0.856. The van der Waals surface area contributed by atoms with Crippen LogP contribution in [0.2, 0.25) is 0 Å². The second-order valence-electron chi connectivity index (χ2n) is 6.83. The number of esters is 1. The standard InChI is InChI=1S/C22H25NO4/c1-15(27-22(25)18-12-10-16(11-13-18)14-26-2)21(24)23-20-9-5-7-17-6-3-4-8-19(17)20/h3-4,6,8,10-13,15,20H,5,7,9,14H2,1-2H3,(H,23,24)/t15-,20+/m1/s1. The Hall–Kier alpha value is -2.66. The zero-order valence-electron chi connectivity index (χ0n) is 15.7. The molecule has 2 atom stereocenters. The molecule has 0 aromatic heterocycles. The summed E-state index contributed by atoms with van der Waals surface area (Å²) in [5, 5.41) is 3.02. The van der Waals surface area contributed by atoms with Gasteiger partial charge in [0.2, 0.25) is 0 Å². The summed E-state index contributed by atoms with van der Waals surface area (Å²) in [4.78, 5) is 24.8. The Morgan fingerprint density at radius 3 is 2.63 bits per heavy atom. The van der Waals surface area contributed by atoms with Crippen LogP contribution >= 0.6 is 0 Å². The largest absolute Gasteiger partial charge is 0.449 e. The summed E-state index contributed by atoms with van der Waals surface area (Å²) in [6.45, 7) is 2.08. The fourth-order valence-electron chi connectivity index (χ4n) is 3.38. The van der Waals surface area contributed by atoms with Crippen molar-refractivity contribution in [1.29, 1.82) is 0 Å². The maximum Gasteiger partial charge on any atom is 0.338 e. The third kappa shape index (κ3) is 4.74. The number of aryl methyl sites for hydroxylation is 1. The zero-order valence-corrected chi connectivity index (χ0v) is 15.7. The SMILES string of the molecule is COCc1ccc(C(=O)O[C@H](C)C(=O)N[C@H]2CCCc3ccccc32)cc1. The van der Waals surface area contributed by atoms with Crippen molar-refractivity contribution in [3.05, 3.63) is 70.8 Å². The lowest BCUT2D eigenvalue weighted by Crippen LogP contribution is -2.39. The minimum absolute atomic E-state index is 0.0306. The van der Waals surface area contributed by atoms with E-state index < -0.39 is 12.1 Å². The number of carbonyl (C=O) groups is 2. The number of carbonyl (C=O) groups excluding carboxylic acids is 2. The average molecular weight is 367 g/mol. The van der Waals surface area contributed by atoms with Gasteiger partial charge in [0.25, 0.3) is 5.91 Å². The van der Waals surface area contributed by atoms with Gasteiger partial charge in [0.05, 0.1) is 18.2 Å². The molecule has 1 N–H and O–H groups in total. The Balaban J connectivity index is 1.58. The molecule has 2 aromatic carbocycles. The molecular weight excluding hydrogens is 342 g/mol. The number of ether oxygens (including phenoxy) is 2. The lowest BCUT2D eigenvalue weighted by molar-refractivity contribution is -0.130. The van der Waals surface area contributed by atoms with Crippen LogP contribution in [0.5, 0.6) is 0 Å². The number of amides is 1. The van der Waals surface area contributed by atoms with Gasteiger partial charge in [0, 0.05) is 7.11 Å². The van der Waals surface area contributed by atoms with Crippen LogP contribution in [0, 0.1) is 0 Å². The number of methoxy groups -OCH3 is 1. The molecular formula is C22H25NO4. The first-order valence-corrected chi connectivity index (χ1v) is 9.25. The molecule has 0 fully saturated rings. The average Bonchev–Trinajstić information content (AvgIpc) is 2.69. The van der Waals surface area contributed by atoms with Crippen molar-refractivity contribution < 1.29 is 19.1 Å². The van der Waals surface area contributed by atoms with E-state index in [1.54, 1.807) is 26.2 Å². The Morgan fingerprint density at radius 2 is 1.89 bits per heavy atom. The highest BCUT2D eigenvalue weighted by Gasteiger charge is 2.25. The fraction of sp³-hybridized carbons (Fsp3) is 0.364. The summed E-state index contributed by atoms with van der Waals surface area (Å²) in [5.41, 5.74) is 3.81. The molecule has 1 amide bonds. The van der Waals surface area contributed by atoms with Crippen molar-refractivity contribution in [3.63, 3.8) is 0 Å². The van der Waals surface area contributed by atoms with E-state index in [9.17, 15) is 9.59 Å². The van der Waals surface area contributed by atoms with Gasteiger partial charge in [-0.15, -0.1) is 0 Å². The van der Waals surface area contributed by atoms with Gasteiger partial charge in [-0.1, -0.05) is 36.4 Å². The molecule has 0 spiro atoms. The molecule has 0 bridgehead atoms. The molecule has 0 saturated heterocycles. The highest BCUT2D eigenvalue weighted by atomic mass is 16.5. The third-order valence-electron chi connectivity index (χ3n) is 4.84. The Kier molecular flexibility index (Phi) is 6.24. The van der Waals surface area contributed by atoms with Gasteiger partial charge in [0.1, 0.15) is 0 Å². The first kappa shape index (κ1) is 19.1. The van der Waals surface area contributed by atoms with Gasteiger partial charge in [-0.25, -0.2) is 4.79 Å². The van der Waals surface area contributed by atoms with Gasteiger partial charge < -0.3 is 14.8 Å². The number of benzene rings is 2. The Bertz CT molecular complexity index is 800. The van der Waals surface area contributed by atoms with Gasteiger partial charge in [-0.2, -0.15) is 0 Å². The van der Waals surface area contributed by atoms with Crippen molar-refractivity contribution in [2.75, 3.05) is 7.11 Å². The van der Waals surface area contributed by atoms with E-state index in [4.69, 9.17) is 9.47 Å². The van der Waals surface area contributed by atoms with Gasteiger partial charge >= 0.3 is 5.97 Å². The summed E-state index contributed by atoms with van der Waals surface area (Å²) in [6.07, 6.45) is 2.10. The second kappa shape index (κ2) is 8.82. The van der Waals surface area contributed by atoms with Crippen molar-refractivity contribution >= 4 is 11.9 Å². The molecule has 0 saturated carbocycles. The minimum Gasteiger partial charge on any atom is -0.449 e. The van der Waals surface area contributed by atoms with E-state index in [-0.39, 0.29) is 11.9 Å². The molecule has 142 valence electrons. The van der Waals surface area contributed by atoms with E-state index in [2.05, 4.69) is 17.4 Å². The van der Waals surface area contributed by atoms with Crippen LogP contribution in [0.25, 0.3) is 0 Å². The number of hydrogen-bond acceptors (Lipinski definition) is 4. The highest BCUT2D eigenvalue weighted by Crippen LogP contribution is 2.29. The van der Waals surface area contributed by atoms with E-state index >= 15 is 0 Å². The maximum absolute atomic E-state index is 12.5. The molecule has 1 aliphatic rings. The van der Waals surface area contributed by atoms with E-state index in [0.29, 0.717) is 12.2 Å². The fourth-order valence-corrected chi connectivity index (χ4v) is 3.38. The van der Waals surface area contributed by atoms with Crippen LogP contribution < -0.4 is 5.32 Å². The van der Waals surface area contributed by atoms with Crippen LogP contribution in [0.1, 0.15) is 52.9 Å². The molecule has 5 heteroatoms. The first-order valence-electron chi connectivity index (χ1n) is 9.25. The van der Waals surface area contributed by atoms with E-state index in [0.717, 1.165) is 30.4 Å². The van der Waals surface area contributed by atoms with Crippen LogP contribution in [-0.4, -0.2) is 25.1 Å². The molecule has 2 aromatic rings. The number of fused-ring (bicyclic) bond motifs is 1. The zero-order chi connectivity index (χ0) is 19.2. The van der Waals surface area contributed by atoms with Crippen LogP contribution in [0.15, 0.2) is 48.5 Å². The van der Waals surface area contributed by atoms with Crippen molar-refractivity contribution in [1.82, 2.24) is 5.32 Å². The van der Waals surface area contributed by atoms with Crippen molar-refractivity contribution in [3.8, 4) is 0 Å². The number of rotatable bonds is 6. The quantitative estimate of drug-likeness (QED) is 0.793. The predicted octanol–water partition coefficient (Wildman–Crippen LogP) is 3.57. The topological polar surface area (TPSA) is 64.6 Å². The summed E-state index contributed by atoms with van der Waals surface area (Å²) in [5.74, 6) is -0.785. The smallest absolute Gasteiger partial charge is 0.338 e. The summed E-state index contributed by atoms with van der Waals surface area (Å²) >= 11 is 0. The summed E-state index contributed by atoms with van der Waals surface area (Å²) in [7, 11) is 1.62. The molecule has 0 radical (unpaired) electrons. The van der Waals surface area contributed by atoms with Crippen LogP contribution in [0.3, 0.4) is 0 Å². The van der Waals surface area contributed by atoms with Gasteiger partial charge in [0.15, 0.2) is 6.10 Å². The monoisotopic (exact) mass is 367 g/mol. The molecule has 0 heterocycles. The number of nitrogens with one attached hydrogen (secondary N) is 1. The lowest BCUT2D eigenvalue weighted by atomic mass is 9.87. The van der Waals surface area contributed by atoms with Gasteiger partial charge in [-0.05, 0) is 55.0 Å². The van der Waals surface area contributed by atoms with E-state index in [1.165, 1.54) is 5.56 Å². The predicted molar refractivity (Wildman–Crippen MR) is 102 cm³/mol. The van der Waals surface area contributed by atoms with Crippen LogP contribution in [0.4, 0.5) is 0 Å². The van der Waals surface area contributed by atoms with E-state index in [1.807, 2.05) is 24.3 Å². The summed E-state index contributed by atoms with van der Waals surface area (Å²) in [6, 6.07) is 15.1. The van der Waals surface area contributed by atoms with Crippen molar-refractivity contribution in [2.24, 2.45) is 0 Å². The normalized spacial score (nSPS) is 16.9. The highest BCUT2D eigenvalue weighted by molar-refractivity contribution is 5.92. The lowest BCUT2D eigenvalue weighted by Gasteiger charge is -2.27. The molecule has 0 aliphatic heterocycles. The Morgan fingerprint density at radius 1 is 1.15 bits per heavy atom. The third-order valence-corrected chi connectivity index (χ3v) is 4.84. The molecule has 3 rings (SSSR count). The molecule has 5 nitrogen and oxygen atoms in total. The second-order valence-corrected chi connectivity index (χ2v) is 6.83. The molecule has 1 aliphatic carbocycles. The van der Waals surface area contributed by atoms with Crippen LogP contribution in [-0.2, 0) is 27.3 Å². The summed E-state index contributed by atoms with van der Waals surface area (Å²) < 4.78 is 10.4. The Labute approximate surface area is 159 Å². The number of hydrogen-bond donors (Lipinski definition) is 1. The maximum atomic E-state index is 12.5. The molecule has 0 unspecified atom stereocenters. The van der Waals surface area contributed by atoms with Gasteiger partial charge in [-0.3, -0.25) is 4.79 Å².